The van der Waals surface area contributed by atoms with Crippen molar-refractivity contribution in [3.05, 3.63) is 174 Å². The molecule has 6 heteroatoms. The van der Waals surface area contributed by atoms with Gasteiger partial charge in [0.15, 0.2) is 0 Å². The van der Waals surface area contributed by atoms with E-state index < -0.39 is 13.7 Å². The molecular weight excluding hydrogens is 915 g/mol. The Morgan fingerprint density at radius 1 is 0.600 bits per heavy atom. The van der Waals surface area contributed by atoms with Gasteiger partial charge in [-0.3, -0.25) is 4.98 Å². The van der Waals surface area contributed by atoms with Gasteiger partial charge in [-0.05, 0) is 77.5 Å². The van der Waals surface area contributed by atoms with Gasteiger partial charge >= 0.3 is 0 Å². The SMILES string of the molecule is CC(C)c1cccc(C(C)C)c1-n1c(-c2[c-]ccc3c2oc2c3ccc3c2ccc2c4ccccc4oc23)nc2ccccc21.[2H]C([2H])([2H])c1c[c-]c(-c2ccc(C([2H])([2H])[2H])cn2)cc1.[Ir]. The number of nitrogens with zero attached hydrogens (tertiary/aromatic N) is 3. The largest absolute Gasteiger partial charge is 0.500 e. The van der Waals surface area contributed by atoms with Crippen molar-refractivity contribution < 1.29 is 37.2 Å². The monoisotopic (exact) mass is 964 g/mol. The van der Waals surface area contributed by atoms with Gasteiger partial charge in [0, 0.05) is 67.1 Å². The van der Waals surface area contributed by atoms with Crippen molar-refractivity contribution in [1.82, 2.24) is 14.5 Å². The topological polar surface area (TPSA) is 57.0 Å². The van der Waals surface area contributed by atoms with E-state index in [0.717, 1.165) is 77.1 Å². The molecule has 0 aliphatic rings. The summed E-state index contributed by atoms with van der Waals surface area (Å²) in [5.74, 6) is 1.50. The van der Waals surface area contributed by atoms with Gasteiger partial charge in [0.2, 0.25) is 0 Å². The van der Waals surface area contributed by atoms with E-state index in [1.165, 1.54) is 41.2 Å². The van der Waals surface area contributed by atoms with E-state index in [4.69, 9.17) is 22.0 Å². The first-order valence-electron chi connectivity index (χ1n) is 22.9. The molecule has 0 amide bonds. The summed E-state index contributed by atoms with van der Waals surface area (Å²) >= 11 is 0. The second-order valence-corrected chi connectivity index (χ2v) is 15.6. The molecule has 0 aliphatic heterocycles. The molecule has 5 nitrogen and oxygen atoms in total. The van der Waals surface area contributed by atoms with E-state index in [2.05, 4.69) is 134 Å². The second kappa shape index (κ2) is 15.7. The first-order valence-corrected chi connectivity index (χ1v) is 19.9. The van der Waals surface area contributed by atoms with Crippen LogP contribution in [-0.2, 0) is 20.1 Å². The van der Waals surface area contributed by atoms with Crippen LogP contribution in [0.4, 0.5) is 0 Å². The molecule has 0 fully saturated rings. The van der Waals surface area contributed by atoms with Crippen LogP contribution in [0.15, 0.2) is 148 Å². The number of aryl methyl sites for hydroxylation is 2. The molecule has 0 saturated heterocycles. The van der Waals surface area contributed by atoms with E-state index in [9.17, 15) is 0 Å². The van der Waals surface area contributed by atoms with E-state index in [-0.39, 0.29) is 31.2 Å². The Bertz CT molecular complexity index is 3500. The Hall–Kier alpha value is -6.33. The van der Waals surface area contributed by atoms with Crippen LogP contribution in [0.25, 0.3) is 94.0 Å². The zero-order valence-corrected chi connectivity index (χ0v) is 35.8. The molecule has 11 rings (SSSR count). The molecule has 0 unspecified atom stereocenters. The molecule has 4 aromatic heterocycles. The Labute approximate surface area is 371 Å². The summed E-state index contributed by atoms with van der Waals surface area (Å²) in [6, 6.07) is 50.0. The Kier molecular flexibility index (Phi) is 8.50. The fourth-order valence-electron chi connectivity index (χ4n) is 8.28. The quantitative estimate of drug-likeness (QED) is 0.161. The molecule has 4 heterocycles. The van der Waals surface area contributed by atoms with Crippen LogP contribution in [0.2, 0.25) is 0 Å². The van der Waals surface area contributed by atoms with Crippen LogP contribution in [0, 0.1) is 25.8 Å². The van der Waals surface area contributed by atoms with Gasteiger partial charge in [0.05, 0.1) is 22.4 Å². The number of fused-ring (bicyclic) bond motifs is 10. The van der Waals surface area contributed by atoms with Crippen molar-refractivity contribution >= 4 is 65.7 Å². The number of benzene rings is 7. The first kappa shape index (κ1) is 32.5. The van der Waals surface area contributed by atoms with Crippen molar-refractivity contribution in [2.45, 2.75) is 53.2 Å². The van der Waals surface area contributed by atoms with E-state index in [0.29, 0.717) is 23.1 Å². The smallest absolute Gasteiger partial charge is 0.143 e. The number of aromatic nitrogens is 3. The fraction of sp³-hybridized carbons (Fsp3) is 0.148. The summed E-state index contributed by atoms with van der Waals surface area (Å²) in [6.45, 7) is 4.71. The maximum absolute atomic E-state index is 7.28. The summed E-state index contributed by atoms with van der Waals surface area (Å²) in [6.07, 6.45) is 1.30. The number of para-hydroxylation sites is 4. The molecule has 11 aromatic rings. The minimum Gasteiger partial charge on any atom is -0.500 e. The molecule has 0 spiro atoms. The van der Waals surface area contributed by atoms with E-state index in [1.807, 2.05) is 18.2 Å². The molecule has 0 N–H and O–H groups in total. The Balaban J connectivity index is 0.000000221. The van der Waals surface area contributed by atoms with Crippen LogP contribution in [0.1, 0.15) is 70.0 Å². The van der Waals surface area contributed by atoms with Gasteiger partial charge in [0.1, 0.15) is 16.7 Å². The van der Waals surface area contributed by atoms with Gasteiger partial charge < -0.3 is 18.4 Å². The summed E-state index contributed by atoms with van der Waals surface area (Å²) in [5.41, 5.74) is 11.6. The van der Waals surface area contributed by atoms with Crippen LogP contribution in [0.3, 0.4) is 0 Å². The third-order valence-corrected chi connectivity index (χ3v) is 11.1. The van der Waals surface area contributed by atoms with E-state index in [1.54, 1.807) is 12.1 Å². The molecule has 0 atom stereocenters. The Morgan fingerprint density at radius 2 is 1.25 bits per heavy atom. The van der Waals surface area contributed by atoms with E-state index >= 15 is 0 Å². The average Bonchev–Trinajstić information content (AvgIpc) is 4.00. The molecule has 60 heavy (non-hydrogen) atoms. The van der Waals surface area contributed by atoms with Gasteiger partial charge in [0.25, 0.3) is 0 Å². The zero-order chi connectivity index (χ0) is 45.4. The van der Waals surface area contributed by atoms with Crippen LogP contribution in [0.5, 0.6) is 0 Å². The van der Waals surface area contributed by atoms with Crippen molar-refractivity contribution in [1.29, 1.82) is 0 Å². The predicted molar refractivity (Wildman–Crippen MR) is 244 cm³/mol. The third kappa shape index (κ3) is 6.61. The van der Waals surface area contributed by atoms with Crippen LogP contribution < -0.4 is 0 Å². The number of hydrogen-bond donors (Lipinski definition) is 0. The molecule has 0 aliphatic carbocycles. The normalized spacial score (nSPS) is 13.6. The first-order chi connectivity index (χ1) is 31.2. The zero-order valence-electron chi connectivity index (χ0n) is 39.4. The van der Waals surface area contributed by atoms with Crippen molar-refractivity contribution in [3.8, 4) is 28.3 Å². The maximum Gasteiger partial charge on any atom is 0.143 e. The molecule has 1 radical (unpaired) electrons. The summed E-state index contributed by atoms with van der Waals surface area (Å²) in [7, 11) is 0. The van der Waals surface area contributed by atoms with Crippen molar-refractivity contribution in [3.63, 3.8) is 0 Å². The number of rotatable bonds is 5. The summed E-state index contributed by atoms with van der Waals surface area (Å²) in [4.78, 5) is 9.34. The molecule has 0 bridgehead atoms. The van der Waals surface area contributed by atoms with Crippen molar-refractivity contribution in [2.75, 3.05) is 0 Å². The van der Waals surface area contributed by atoms with Crippen LogP contribution in [-0.4, -0.2) is 14.5 Å². The molecule has 297 valence electrons. The number of hydrogen-bond acceptors (Lipinski definition) is 4. The van der Waals surface area contributed by atoms with Crippen molar-refractivity contribution in [2.24, 2.45) is 0 Å². The third-order valence-electron chi connectivity index (χ3n) is 11.1. The second-order valence-electron chi connectivity index (χ2n) is 15.6. The summed E-state index contributed by atoms with van der Waals surface area (Å²) in [5, 5.41) is 6.42. The molecular formula is C54H43IrN3O2-2. The molecule has 0 saturated carbocycles. The standard InChI is InChI=1S/C41H31N2O2.C13H12N.Ir/c1-23(2)25-12-9-13-26(24(3)4)37(25)43-35-17-7-6-16-34(35)42-41(43)33-15-10-14-28-30-21-22-31-32(39(30)45-40(28)33)20-19-29-27-11-5-8-18-36(27)44-38(29)31;1-10-3-6-12(7-4-10)13-8-5-11(2)9-14-13;/h5-14,16-24H,1-4H3;3-6,8-9H,1-2H3;/q2*-1;/i;1D3,2D3;. The minimum absolute atomic E-state index is 0. The van der Waals surface area contributed by atoms with Crippen LogP contribution >= 0.6 is 0 Å². The fourth-order valence-corrected chi connectivity index (χ4v) is 8.28. The predicted octanol–water partition coefficient (Wildman–Crippen LogP) is 14.9. The van der Waals surface area contributed by atoms with Gasteiger partial charge in [-0.2, -0.15) is 0 Å². The van der Waals surface area contributed by atoms with Gasteiger partial charge in [-0.25, -0.2) is 0 Å². The molecule has 7 aromatic carbocycles. The number of furan rings is 2. The summed E-state index contributed by atoms with van der Waals surface area (Å²) < 4.78 is 59.3. The maximum atomic E-state index is 7.28. The minimum atomic E-state index is -2.18. The number of pyridine rings is 1. The Morgan fingerprint density at radius 3 is 1.92 bits per heavy atom. The van der Waals surface area contributed by atoms with Gasteiger partial charge in [-0.15, -0.1) is 53.6 Å². The average molecular weight is 964 g/mol. The number of imidazole rings is 1. The van der Waals surface area contributed by atoms with Gasteiger partial charge in [-0.1, -0.05) is 112 Å².